The second kappa shape index (κ2) is 8.95. The third-order valence-electron chi connectivity index (χ3n) is 5.57. The molecule has 0 unspecified atom stereocenters. The van der Waals surface area contributed by atoms with Crippen molar-refractivity contribution >= 4 is 16.9 Å². The summed E-state index contributed by atoms with van der Waals surface area (Å²) in [5.41, 5.74) is 5.53. The van der Waals surface area contributed by atoms with Gasteiger partial charge in [0.05, 0.1) is 11.0 Å². The van der Waals surface area contributed by atoms with E-state index in [9.17, 15) is 4.79 Å². The van der Waals surface area contributed by atoms with E-state index in [1.54, 1.807) is 0 Å². The first-order valence-corrected chi connectivity index (χ1v) is 10.6. The maximum absolute atomic E-state index is 12.8. The van der Waals surface area contributed by atoms with Crippen LogP contribution in [0.4, 0.5) is 0 Å². The fourth-order valence-corrected chi connectivity index (χ4v) is 3.88. The number of para-hydroxylation sites is 2. The molecule has 0 atom stereocenters. The Morgan fingerprint density at radius 2 is 1.47 bits per heavy atom. The van der Waals surface area contributed by atoms with E-state index >= 15 is 0 Å². The Bertz CT molecular complexity index is 1130. The van der Waals surface area contributed by atoms with E-state index in [1.165, 1.54) is 16.7 Å². The molecule has 1 heterocycles. The minimum absolute atomic E-state index is 0.129. The molecule has 1 aromatic heterocycles. The number of carbonyl (C=O) groups excluding carboxylic acids is 1. The summed E-state index contributed by atoms with van der Waals surface area (Å²) < 4.78 is 2.07. The molecule has 0 aliphatic rings. The van der Waals surface area contributed by atoms with Gasteiger partial charge in [0, 0.05) is 19.5 Å². The van der Waals surface area contributed by atoms with Gasteiger partial charge in [-0.2, -0.15) is 0 Å². The fourth-order valence-electron chi connectivity index (χ4n) is 3.88. The number of hydrogen-bond acceptors (Lipinski definition) is 2. The van der Waals surface area contributed by atoms with Crippen molar-refractivity contribution in [3.63, 3.8) is 0 Å². The van der Waals surface area contributed by atoms with Gasteiger partial charge in [0.1, 0.15) is 12.4 Å². The summed E-state index contributed by atoms with van der Waals surface area (Å²) >= 11 is 0. The summed E-state index contributed by atoms with van der Waals surface area (Å²) in [5, 5.41) is 0. The summed E-state index contributed by atoms with van der Waals surface area (Å²) in [6.07, 6.45) is 0.690. The molecule has 4 nitrogen and oxygen atoms in total. The van der Waals surface area contributed by atoms with Gasteiger partial charge in [-0.05, 0) is 42.7 Å². The van der Waals surface area contributed by atoms with Crippen LogP contribution in [0.3, 0.4) is 0 Å². The van der Waals surface area contributed by atoms with Crippen LogP contribution in [0.15, 0.2) is 78.9 Å². The Hall–Kier alpha value is -3.40. The Labute approximate surface area is 177 Å². The molecule has 152 valence electrons. The van der Waals surface area contributed by atoms with Gasteiger partial charge >= 0.3 is 0 Å². The van der Waals surface area contributed by atoms with Crippen molar-refractivity contribution in [2.24, 2.45) is 0 Å². The predicted molar refractivity (Wildman–Crippen MR) is 122 cm³/mol. The van der Waals surface area contributed by atoms with Crippen LogP contribution in [-0.2, 0) is 17.8 Å². The first-order valence-electron chi connectivity index (χ1n) is 10.6. The van der Waals surface area contributed by atoms with E-state index < -0.39 is 0 Å². The second-order valence-corrected chi connectivity index (χ2v) is 7.41. The molecule has 4 heteroatoms. The quantitative estimate of drug-likeness (QED) is 0.432. The summed E-state index contributed by atoms with van der Waals surface area (Å²) in [5.74, 6) is 1.05. The molecule has 0 aliphatic heterocycles. The summed E-state index contributed by atoms with van der Waals surface area (Å²) in [6, 6.07) is 27.0. The highest BCUT2D eigenvalue weighted by atomic mass is 16.2. The van der Waals surface area contributed by atoms with Crippen molar-refractivity contribution < 1.29 is 4.79 Å². The molecular formula is C26H27N3O. The van der Waals surface area contributed by atoms with Crippen molar-refractivity contribution in [3.8, 4) is 11.1 Å². The minimum Gasteiger partial charge on any atom is -0.342 e. The largest absolute Gasteiger partial charge is 0.342 e. The molecule has 4 aromatic rings. The number of nitrogens with zero attached hydrogens (tertiary/aromatic N) is 3. The Balaban J connectivity index is 1.63. The van der Waals surface area contributed by atoms with Crippen molar-refractivity contribution in [1.82, 2.24) is 14.5 Å². The fraction of sp³-hybridized carbons (Fsp3) is 0.231. The topological polar surface area (TPSA) is 38.1 Å². The third-order valence-corrected chi connectivity index (χ3v) is 5.57. The van der Waals surface area contributed by atoms with E-state index in [-0.39, 0.29) is 5.91 Å². The van der Waals surface area contributed by atoms with Gasteiger partial charge in [-0.15, -0.1) is 0 Å². The smallest absolute Gasteiger partial charge is 0.242 e. The molecule has 0 fully saturated rings. The number of amides is 1. The predicted octanol–water partition coefficient (Wildman–Crippen LogP) is 5.16. The number of rotatable bonds is 7. The average Bonchev–Trinajstić information content (AvgIpc) is 3.12. The number of benzene rings is 3. The molecule has 0 saturated carbocycles. The lowest BCUT2D eigenvalue weighted by molar-refractivity contribution is -0.131. The lowest BCUT2D eigenvalue weighted by Crippen LogP contribution is -2.33. The molecule has 1 amide bonds. The molecule has 0 spiro atoms. The maximum Gasteiger partial charge on any atom is 0.242 e. The van der Waals surface area contributed by atoms with Crippen LogP contribution in [-0.4, -0.2) is 33.4 Å². The van der Waals surface area contributed by atoms with E-state index in [1.807, 2.05) is 49.1 Å². The lowest BCUT2D eigenvalue weighted by atomic mass is 10.0. The highest BCUT2D eigenvalue weighted by Gasteiger charge is 2.17. The van der Waals surface area contributed by atoms with E-state index in [0.29, 0.717) is 13.0 Å². The molecule has 0 saturated heterocycles. The zero-order valence-corrected chi connectivity index (χ0v) is 17.6. The number of likely N-dealkylation sites (N-methyl/N-ethyl adjacent to an activating group) is 1. The van der Waals surface area contributed by atoms with E-state index in [2.05, 4.69) is 53.1 Å². The van der Waals surface area contributed by atoms with Crippen LogP contribution in [0.1, 0.15) is 25.2 Å². The number of aromatic nitrogens is 2. The molecule has 0 bridgehead atoms. The normalized spacial score (nSPS) is 11.0. The highest BCUT2D eigenvalue weighted by Crippen LogP contribution is 2.22. The van der Waals surface area contributed by atoms with Gasteiger partial charge < -0.3 is 9.47 Å². The molecule has 4 rings (SSSR count). The average molecular weight is 398 g/mol. The lowest BCUT2D eigenvalue weighted by Gasteiger charge is -2.20. The number of hydrogen-bond donors (Lipinski definition) is 0. The minimum atomic E-state index is 0.129. The molecule has 3 aromatic carbocycles. The zero-order valence-electron chi connectivity index (χ0n) is 17.6. The van der Waals surface area contributed by atoms with Gasteiger partial charge in [0.15, 0.2) is 0 Å². The first-order chi connectivity index (χ1) is 14.7. The van der Waals surface area contributed by atoms with Gasteiger partial charge in [-0.3, -0.25) is 4.79 Å². The molecular weight excluding hydrogens is 370 g/mol. The Morgan fingerprint density at radius 1 is 0.833 bits per heavy atom. The summed E-state index contributed by atoms with van der Waals surface area (Å²) in [4.78, 5) is 19.5. The zero-order chi connectivity index (χ0) is 20.9. The standard InChI is InChI=1S/C26H27N3O/c1-3-28(4-2)26(30)19-29-24-13-9-8-12-23(24)27-25(29)18-20-14-16-22(17-15-20)21-10-6-5-7-11-21/h5-17H,3-4,18-19H2,1-2H3. The van der Waals surface area contributed by atoms with Crippen molar-refractivity contribution in [3.05, 3.63) is 90.3 Å². The SMILES string of the molecule is CCN(CC)C(=O)Cn1c(Cc2ccc(-c3ccccc3)cc2)nc2ccccc21. The monoisotopic (exact) mass is 397 g/mol. The maximum atomic E-state index is 12.8. The van der Waals surface area contributed by atoms with Crippen LogP contribution >= 0.6 is 0 Å². The summed E-state index contributed by atoms with van der Waals surface area (Å²) in [6.45, 7) is 5.79. The van der Waals surface area contributed by atoms with Crippen LogP contribution in [0.2, 0.25) is 0 Å². The van der Waals surface area contributed by atoms with Crippen LogP contribution in [0, 0.1) is 0 Å². The number of carbonyl (C=O) groups is 1. The van der Waals surface area contributed by atoms with Crippen LogP contribution < -0.4 is 0 Å². The molecule has 0 radical (unpaired) electrons. The van der Waals surface area contributed by atoms with E-state index in [4.69, 9.17) is 4.98 Å². The van der Waals surface area contributed by atoms with Gasteiger partial charge in [0.2, 0.25) is 5.91 Å². The van der Waals surface area contributed by atoms with Gasteiger partial charge in [0.25, 0.3) is 0 Å². The number of imidazole rings is 1. The van der Waals surface area contributed by atoms with Crippen LogP contribution in [0.5, 0.6) is 0 Å². The molecule has 0 N–H and O–H groups in total. The Morgan fingerprint density at radius 3 is 2.17 bits per heavy atom. The van der Waals surface area contributed by atoms with Crippen molar-refractivity contribution in [2.45, 2.75) is 26.8 Å². The molecule has 0 aliphatic carbocycles. The number of fused-ring (bicyclic) bond motifs is 1. The highest BCUT2D eigenvalue weighted by molar-refractivity contribution is 5.81. The van der Waals surface area contributed by atoms with Crippen molar-refractivity contribution in [1.29, 1.82) is 0 Å². The molecule has 30 heavy (non-hydrogen) atoms. The third kappa shape index (κ3) is 4.13. The van der Waals surface area contributed by atoms with Crippen molar-refractivity contribution in [2.75, 3.05) is 13.1 Å². The van der Waals surface area contributed by atoms with Crippen LogP contribution in [0.25, 0.3) is 22.2 Å². The Kier molecular flexibility index (Phi) is 5.94. The first kappa shape index (κ1) is 19.9. The summed E-state index contributed by atoms with van der Waals surface area (Å²) in [7, 11) is 0. The van der Waals surface area contributed by atoms with Gasteiger partial charge in [-0.1, -0.05) is 66.7 Å². The second-order valence-electron chi connectivity index (χ2n) is 7.41. The van der Waals surface area contributed by atoms with Gasteiger partial charge in [-0.25, -0.2) is 4.98 Å². The van der Waals surface area contributed by atoms with E-state index in [0.717, 1.165) is 29.9 Å².